The number of aryl methyl sites for hydroxylation is 1. The molecule has 6 nitrogen and oxygen atoms in total. The second-order valence-electron chi connectivity index (χ2n) is 6.70. The zero-order valence-electron chi connectivity index (χ0n) is 15.2. The Morgan fingerprint density at radius 3 is 2.70 bits per heavy atom. The van der Waals surface area contributed by atoms with Crippen LogP contribution in [0, 0.1) is 6.92 Å². The van der Waals surface area contributed by atoms with Crippen LogP contribution in [0.3, 0.4) is 0 Å². The van der Waals surface area contributed by atoms with Gasteiger partial charge < -0.3 is 10.1 Å². The number of hydrogen-bond donors (Lipinski definition) is 1. The molecule has 1 N–H and O–H groups in total. The van der Waals surface area contributed by atoms with Crippen molar-refractivity contribution in [2.45, 2.75) is 29.5 Å². The first kappa shape index (κ1) is 20.3. The quantitative estimate of drug-likeness (QED) is 0.722. The average molecular weight is 430 g/mol. The van der Waals surface area contributed by atoms with Crippen LogP contribution in [0.2, 0.25) is 0 Å². The maximum Gasteiger partial charge on any atom is 0.187 e. The lowest BCUT2D eigenvalue weighted by Gasteiger charge is -2.21. The van der Waals surface area contributed by atoms with Crippen molar-refractivity contribution in [3.8, 4) is 5.75 Å². The molecule has 148 valence electrons. The maximum atomic E-state index is 13.3. The Balaban J connectivity index is 1.86. The fourth-order valence-corrected chi connectivity index (χ4v) is 8.99. The standard InChI is InChI=1S/C18H23NO5S3/c1-13-5-6-16(24-2)17(10-13)27(22,23)18-12-26(20,21)11-15(18)19-8-7-14-4-3-9-25-14/h3-6,9-10,15,18-19H,7-8,11-12H2,1-2H3/t15-,18-/m0/s1. The van der Waals surface area contributed by atoms with Crippen LogP contribution >= 0.6 is 11.3 Å². The van der Waals surface area contributed by atoms with Crippen LogP contribution in [0.4, 0.5) is 0 Å². The zero-order chi connectivity index (χ0) is 19.7. The number of rotatable bonds is 7. The third-order valence-electron chi connectivity index (χ3n) is 4.68. The molecular weight excluding hydrogens is 406 g/mol. The SMILES string of the molecule is COc1ccc(C)cc1S(=O)(=O)[C@H]1CS(=O)(=O)C[C@@H]1NCCc1cccs1. The van der Waals surface area contributed by atoms with Crippen LogP contribution in [0.5, 0.6) is 5.75 Å². The molecule has 0 saturated carbocycles. The van der Waals surface area contributed by atoms with Gasteiger partial charge in [0.25, 0.3) is 0 Å². The Morgan fingerprint density at radius 1 is 1.26 bits per heavy atom. The molecule has 2 aromatic rings. The lowest BCUT2D eigenvalue weighted by Crippen LogP contribution is -2.44. The van der Waals surface area contributed by atoms with Crippen molar-refractivity contribution in [1.29, 1.82) is 0 Å². The van der Waals surface area contributed by atoms with Crippen LogP contribution in [-0.2, 0) is 26.1 Å². The second kappa shape index (κ2) is 7.90. The fourth-order valence-electron chi connectivity index (χ4n) is 3.32. The van der Waals surface area contributed by atoms with Gasteiger partial charge in [-0.25, -0.2) is 16.8 Å². The Bertz CT molecular complexity index is 998. The lowest BCUT2D eigenvalue weighted by molar-refractivity contribution is 0.402. The van der Waals surface area contributed by atoms with Crippen molar-refractivity contribution in [2.24, 2.45) is 0 Å². The molecule has 1 aromatic heterocycles. The molecule has 1 fully saturated rings. The number of benzene rings is 1. The minimum Gasteiger partial charge on any atom is -0.495 e. The molecule has 0 unspecified atom stereocenters. The first-order valence-electron chi connectivity index (χ1n) is 8.58. The van der Waals surface area contributed by atoms with Crippen LogP contribution in [0.15, 0.2) is 40.6 Å². The van der Waals surface area contributed by atoms with Gasteiger partial charge in [-0.15, -0.1) is 11.3 Å². The predicted molar refractivity (Wildman–Crippen MR) is 107 cm³/mol. The monoisotopic (exact) mass is 429 g/mol. The highest BCUT2D eigenvalue weighted by Gasteiger charge is 2.46. The summed E-state index contributed by atoms with van der Waals surface area (Å²) in [4.78, 5) is 1.22. The Labute approximate surface area is 164 Å². The number of methoxy groups -OCH3 is 1. The minimum atomic E-state index is -3.87. The van der Waals surface area contributed by atoms with E-state index in [1.54, 1.807) is 36.5 Å². The molecule has 0 bridgehead atoms. The van der Waals surface area contributed by atoms with Crippen molar-refractivity contribution >= 4 is 31.0 Å². The molecule has 0 radical (unpaired) electrons. The van der Waals surface area contributed by atoms with Gasteiger partial charge in [-0.1, -0.05) is 12.1 Å². The van der Waals surface area contributed by atoms with Gasteiger partial charge in [0, 0.05) is 17.5 Å². The number of sulfone groups is 2. The van der Waals surface area contributed by atoms with E-state index in [-0.39, 0.29) is 22.2 Å². The van der Waals surface area contributed by atoms with Gasteiger partial charge in [0.2, 0.25) is 0 Å². The normalized spacial score (nSPS) is 22.0. The van der Waals surface area contributed by atoms with E-state index in [9.17, 15) is 16.8 Å². The molecule has 3 rings (SSSR count). The van der Waals surface area contributed by atoms with E-state index >= 15 is 0 Å². The van der Waals surface area contributed by atoms with Crippen LogP contribution in [0.25, 0.3) is 0 Å². The molecule has 0 spiro atoms. The predicted octanol–water partition coefficient (Wildman–Crippen LogP) is 1.84. The van der Waals surface area contributed by atoms with Gasteiger partial charge in [-0.2, -0.15) is 0 Å². The maximum absolute atomic E-state index is 13.3. The van der Waals surface area contributed by atoms with Crippen molar-refractivity contribution < 1.29 is 21.6 Å². The molecule has 9 heteroatoms. The average Bonchev–Trinajstić information content (AvgIpc) is 3.22. The van der Waals surface area contributed by atoms with E-state index in [2.05, 4.69) is 5.32 Å². The van der Waals surface area contributed by atoms with Gasteiger partial charge in [0.1, 0.15) is 10.6 Å². The van der Waals surface area contributed by atoms with E-state index in [4.69, 9.17) is 4.74 Å². The van der Waals surface area contributed by atoms with E-state index < -0.39 is 31.0 Å². The van der Waals surface area contributed by atoms with Crippen LogP contribution < -0.4 is 10.1 Å². The van der Waals surface area contributed by atoms with Crippen molar-refractivity contribution in [3.05, 3.63) is 46.2 Å². The first-order valence-corrected chi connectivity index (χ1v) is 12.8. The summed E-state index contributed by atoms with van der Waals surface area (Å²) in [6.45, 7) is 2.32. The fraction of sp³-hybridized carbons (Fsp3) is 0.444. The van der Waals surface area contributed by atoms with Crippen molar-refractivity contribution in [3.63, 3.8) is 0 Å². The Morgan fingerprint density at radius 2 is 2.04 bits per heavy atom. The molecule has 1 aliphatic rings. The summed E-state index contributed by atoms with van der Waals surface area (Å²) < 4.78 is 56.2. The van der Waals surface area contributed by atoms with Gasteiger partial charge in [-0.3, -0.25) is 0 Å². The molecule has 2 heterocycles. The third kappa shape index (κ3) is 4.53. The molecule has 0 aliphatic carbocycles. The minimum absolute atomic E-state index is 0.0529. The molecule has 27 heavy (non-hydrogen) atoms. The number of ether oxygens (including phenoxy) is 1. The van der Waals surface area contributed by atoms with E-state index in [1.807, 2.05) is 17.5 Å². The largest absolute Gasteiger partial charge is 0.495 e. The summed E-state index contributed by atoms with van der Waals surface area (Å²) in [7, 11) is -5.89. The summed E-state index contributed by atoms with van der Waals surface area (Å²) in [6, 6.07) is 8.23. The third-order valence-corrected chi connectivity index (χ3v) is 9.79. The first-order chi connectivity index (χ1) is 12.7. The van der Waals surface area contributed by atoms with Gasteiger partial charge >= 0.3 is 0 Å². The summed E-state index contributed by atoms with van der Waals surface area (Å²) >= 11 is 1.62. The molecule has 1 aromatic carbocycles. The van der Waals surface area contributed by atoms with Gasteiger partial charge in [0.15, 0.2) is 19.7 Å². The van der Waals surface area contributed by atoms with E-state index in [0.29, 0.717) is 6.54 Å². The highest BCUT2D eigenvalue weighted by molar-refractivity contribution is 7.96. The number of hydrogen-bond acceptors (Lipinski definition) is 7. The zero-order valence-corrected chi connectivity index (χ0v) is 17.7. The van der Waals surface area contributed by atoms with Crippen molar-refractivity contribution in [1.82, 2.24) is 5.32 Å². The molecule has 2 atom stereocenters. The number of nitrogens with one attached hydrogen (secondary N) is 1. The summed E-state index contributed by atoms with van der Waals surface area (Å²) in [5, 5.41) is 4.11. The second-order valence-corrected chi connectivity index (χ2v) is 12.0. The smallest absolute Gasteiger partial charge is 0.187 e. The van der Waals surface area contributed by atoms with E-state index in [0.717, 1.165) is 12.0 Å². The van der Waals surface area contributed by atoms with Crippen LogP contribution in [-0.4, -0.2) is 53.3 Å². The van der Waals surface area contributed by atoms with Crippen molar-refractivity contribution in [2.75, 3.05) is 25.2 Å². The Hall–Kier alpha value is -1.42. The summed E-state index contributed by atoms with van der Waals surface area (Å²) in [5.74, 6) is -0.305. The molecule has 1 aliphatic heterocycles. The molecule has 1 saturated heterocycles. The molecule has 0 amide bonds. The van der Waals surface area contributed by atoms with Crippen LogP contribution in [0.1, 0.15) is 10.4 Å². The Kier molecular flexibility index (Phi) is 5.95. The highest BCUT2D eigenvalue weighted by Crippen LogP contribution is 2.32. The molecular formula is C18H23NO5S3. The van der Waals surface area contributed by atoms with E-state index in [1.165, 1.54) is 12.0 Å². The summed E-state index contributed by atoms with van der Waals surface area (Å²) in [6.07, 6.45) is 0.731. The van der Waals surface area contributed by atoms with Gasteiger partial charge in [-0.05, 0) is 42.5 Å². The van der Waals surface area contributed by atoms with Gasteiger partial charge in [0.05, 0.1) is 23.9 Å². The number of thiophene rings is 1. The topological polar surface area (TPSA) is 89.5 Å². The lowest BCUT2D eigenvalue weighted by atomic mass is 10.2. The summed E-state index contributed by atoms with van der Waals surface area (Å²) in [5.41, 5.74) is 0.775. The highest BCUT2D eigenvalue weighted by atomic mass is 32.2.